The second-order valence-electron chi connectivity index (χ2n) is 7.03. The molecule has 28 heavy (non-hydrogen) atoms. The molecule has 1 heterocycles. The fraction of sp³-hybridized carbons (Fsp3) is 0.120. The average Bonchev–Trinajstić information content (AvgIpc) is 2.77. The van der Waals surface area contributed by atoms with Crippen molar-refractivity contribution in [3.05, 3.63) is 83.4 Å². The van der Waals surface area contributed by atoms with Gasteiger partial charge in [0.25, 0.3) is 0 Å². The van der Waals surface area contributed by atoms with E-state index in [0.717, 1.165) is 46.2 Å². The van der Waals surface area contributed by atoms with E-state index in [2.05, 4.69) is 54.6 Å². The summed E-state index contributed by atoms with van der Waals surface area (Å²) in [6.07, 6.45) is 1.81. The Morgan fingerprint density at radius 3 is 2.54 bits per heavy atom. The number of aryl methyl sites for hydroxylation is 1. The lowest BCUT2D eigenvalue weighted by molar-refractivity contribution is 0.397. The summed E-state index contributed by atoms with van der Waals surface area (Å²) < 4.78 is 5.53. The highest BCUT2D eigenvalue weighted by atomic mass is 16.5. The standard InChI is InChI=1S/C25H18N2O/c1-28-25-22(15-26)23(19-11-10-16-6-2-3-8-18(16)14-19)21-13-12-17-7-4-5-9-20(17)24(21)27-25/h2-11,14H,12-13H2,1H3. The van der Waals surface area contributed by atoms with Crippen LogP contribution in [0.4, 0.5) is 0 Å². The Kier molecular flexibility index (Phi) is 3.84. The molecular formula is C25H18N2O. The Bertz CT molecular complexity index is 1270. The quantitative estimate of drug-likeness (QED) is 0.470. The first-order valence-electron chi connectivity index (χ1n) is 9.38. The molecule has 0 unspecified atom stereocenters. The molecule has 1 aromatic heterocycles. The summed E-state index contributed by atoms with van der Waals surface area (Å²) in [5.74, 6) is 0.390. The number of methoxy groups -OCH3 is 1. The van der Waals surface area contributed by atoms with Crippen molar-refractivity contribution in [2.75, 3.05) is 7.11 Å². The van der Waals surface area contributed by atoms with Gasteiger partial charge in [-0.1, -0.05) is 60.7 Å². The van der Waals surface area contributed by atoms with E-state index in [1.54, 1.807) is 7.11 Å². The second kappa shape index (κ2) is 6.51. The number of nitriles is 1. The predicted molar refractivity (Wildman–Crippen MR) is 111 cm³/mol. The van der Waals surface area contributed by atoms with Crippen LogP contribution in [0.3, 0.4) is 0 Å². The zero-order valence-corrected chi connectivity index (χ0v) is 15.6. The molecule has 0 saturated carbocycles. The third-order valence-electron chi connectivity index (χ3n) is 5.52. The van der Waals surface area contributed by atoms with E-state index in [1.165, 1.54) is 10.9 Å². The van der Waals surface area contributed by atoms with Crippen molar-refractivity contribution in [3.8, 4) is 34.3 Å². The smallest absolute Gasteiger partial charge is 0.232 e. The molecule has 134 valence electrons. The summed E-state index contributed by atoms with van der Waals surface area (Å²) in [6, 6.07) is 25.4. The molecule has 5 rings (SSSR count). The van der Waals surface area contributed by atoms with Crippen molar-refractivity contribution in [2.45, 2.75) is 12.8 Å². The molecule has 0 bridgehead atoms. The van der Waals surface area contributed by atoms with Gasteiger partial charge in [0.1, 0.15) is 11.6 Å². The fourth-order valence-corrected chi connectivity index (χ4v) is 4.21. The SMILES string of the molecule is COc1nc2c(c(-c3ccc4ccccc4c3)c1C#N)CCc1ccccc1-2. The van der Waals surface area contributed by atoms with Crippen molar-refractivity contribution in [1.29, 1.82) is 5.26 Å². The minimum absolute atomic E-state index is 0.390. The molecule has 0 amide bonds. The molecule has 0 radical (unpaired) electrons. The van der Waals surface area contributed by atoms with Crippen molar-refractivity contribution in [2.24, 2.45) is 0 Å². The van der Waals surface area contributed by atoms with Crippen LogP contribution >= 0.6 is 0 Å². The Labute approximate surface area is 163 Å². The highest BCUT2D eigenvalue weighted by Crippen LogP contribution is 2.42. The van der Waals surface area contributed by atoms with Crippen LogP contribution in [0.5, 0.6) is 5.88 Å². The molecular weight excluding hydrogens is 344 g/mol. The van der Waals surface area contributed by atoms with Crippen LogP contribution in [-0.4, -0.2) is 12.1 Å². The van der Waals surface area contributed by atoms with Crippen LogP contribution in [-0.2, 0) is 12.8 Å². The zero-order valence-electron chi connectivity index (χ0n) is 15.6. The number of benzene rings is 3. The van der Waals surface area contributed by atoms with Crippen molar-refractivity contribution < 1.29 is 4.74 Å². The molecule has 3 heteroatoms. The summed E-state index contributed by atoms with van der Waals surface area (Å²) in [5, 5.41) is 12.3. The van der Waals surface area contributed by atoms with Gasteiger partial charge in [-0.3, -0.25) is 0 Å². The van der Waals surface area contributed by atoms with Gasteiger partial charge in [-0.2, -0.15) is 5.26 Å². The Hall–Kier alpha value is -3.64. The lowest BCUT2D eigenvalue weighted by Gasteiger charge is -2.24. The zero-order chi connectivity index (χ0) is 19.1. The van der Waals surface area contributed by atoms with E-state index in [4.69, 9.17) is 9.72 Å². The largest absolute Gasteiger partial charge is 0.480 e. The van der Waals surface area contributed by atoms with Gasteiger partial charge in [0.15, 0.2) is 0 Å². The lowest BCUT2D eigenvalue weighted by Crippen LogP contribution is -2.10. The highest BCUT2D eigenvalue weighted by molar-refractivity contribution is 5.91. The maximum absolute atomic E-state index is 9.93. The third-order valence-corrected chi connectivity index (χ3v) is 5.52. The minimum Gasteiger partial charge on any atom is -0.480 e. The van der Waals surface area contributed by atoms with Crippen molar-refractivity contribution in [3.63, 3.8) is 0 Å². The average molecular weight is 362 g/mol. The summed E-state index contributed by atoms with van der Waals surface area (Å²) in [6.45, 7) is 0. The van der Waals surface area contributed by atoms with E-state index >= 15 is 0 Å². The van der Waals surface area contributed by atoms with Crippen molar-refractivity contribution in [1.82, 2.24) is 4.98 Å². The first kappa shape index (κ1) is 16.5. The molecule has 0 saturated heterocycles. The maximum Gasteiger partial charge on any atom is 0.232 e. The van der Waals surface area contributed by atoms with Gasteiger partial charge >= 0.3 is 0 Å². The molecule has 1 aliphatic carbocycles. The molecule has 4 aromatic rings. The van der Waals surface area contributed by atoms with Gasteiger partial charge in [-0.15, -0.1) is 0 Å². The van der Waals surface area contributed by atoms with E-state index in [9.17, 15) is 5.26 Å². The summed E-state index contributed by atoms with van der Waals surface area (Å²) in [4.78, 5) is 4.75. The summed E-state index contributed by atoms with van der Waals surface area (Å²) in [5.41, 5.74) is 6.98. The Morgan fingerprint density at radius 2 is 1.71 bits per heavy atom. The van der Waals surface area contributed by atoms with Gasteiger partial charge in [0, 0.05) is 11.1 Å². The number of fused-ring (bicyclic) bond motifs is 4. The minimum atomic E-state index is 0.390. The van der Waals surface area contributed by atoms with E-state index in [0.29, 0.717) is 11.4 Å². The number of rotatable bonds is 2. The lowest BCUT2D eigenvalue weighted by atomic mass is 9.83. The summed E-state index contributed by atoms with van der Waals surface area (Å²) >= 11 is 0. The monoisotopic (exact) mass is 362 g/mol. The number of aromatic nitrogens is 1. The number of nitrogens with zero attached hydrogens (tertiary/aromatic N) is 2. The highest BCUT2D eigenvalue weighted by Gasteiger charge is 2.26. The Balaban J connectivity index is 1.85. The van der Waals surface area contributed by atoms with Gasteiger partial charge in [0.05, 0.1) is 12.8 Å². The molecule has 0 aliphatic heterocycles. The molecule has 3 nitrogen and oxygen atoms in total. The Morgan fingerprint density at radius 1 is 0.929 bits per heavy atom. The van der Waals surface area contributed by atoms with Gasteiger partial charge in [-0.05, 0) is 46.4 Å². The number of ether oxygens (including phenoxy) is 1. The second-order valence-corrected chi connectivity index (χ2v) is 7.03. The van der Waals surface area contributed by atoms with Gasteiger partial charge < -0.3 is 4.74 Å². The fourth-order valence-electron chi connectivity index (χ4n) is 4.21. The van der Waals surface area contributed by atoms with Crippen LogP contribution in [0.25, 0.3) is 33.2 Å². The molecule has 0 spiro atoms. The number of hydrogen-bond acceptors (Lipinski definition) is 3. The molecule has 1 aliphatic rings. The normalized spacial score (nSPS) is 12.1. The summed E-state index contributed by atoms with van der Waals surface area (Å²) in [7, 11) is 1.58. The van der Waals surface area contributed by atoms with Gasteiger partial charge in [0.2, 0.25) is 5.88 Å². The van der Waals surface area contributed by atoms with E-state index in [1.807, 2.05) is 18.2 Å². The predicted octanol–water partition coefficient (Wildman–Crippen LogP) is 5.55. The van der Waals surface area contributed by atoms with E-state index in [-0.39, 0.29) is 0 Å². The first-order valence-corrected chi connectivity index (χ1v) is 9.38. The molecule has 0 N–H and O–H groups in total. The van der Waals surface area contributed by atoms with Crippen LogP contribution < -0.4 is 4.74 Å². The number of hydrogen-bond donors (Lipinski definition) is 0. The van der Waals surface area contributed by atoms with Crippen molar-refractivity contribution >= 4 is 10.8 Å². The first-order chi connectivity index (χ1) is 13.8. The molecule has 3 aromatic carbocycles. The van der Waals surface area contributed by atoms with Crippen LogP contribution in [0.1, 0.15) is 16.7 Å². The van der Waals surface area contributed by atoms with Crippen LogP contribution in [0.2, 0.25) is 0 Å². The number of pyridine rings is 1. The van der Waals surface area contributed by atoms with Crippen LogP contribution in [0.15, 0.2) is 66.7 Å². The van der Waals surface area contributed by atoms with Gasteiger partial charge in [-0.25, -0.2) is 4.98 Å². The van der Waals surface area contributed by atoms with E-state index < -0.39 is 0 Å². The molecule has 0 atom stereocenters. The topological polar surface area (TPSA) is 45.9 Å². The molecule has 0 fully saturated rings. The van der Waals surface area contributed by atoms with Crippen LogP contribution in [0, 0.1) is 11.3 Å². The third kappa shape index (κ3) is 2.46. The maximum atomic E-state index is 9.93.